The Balaban J connectivity index is 1.34. The molecule has 4 atom stereocenters. The van der Waals surface area contributed by atoms with E-state index in [2.05, 4.69) is 48.9 Å². The number of nitrogens with zero attached hydrogens (tertiary/aromatic N) is 2. The van der Waals surface area contributed by atoms with Crippen molar-refractivity contribution in [2.45, 2.75) is 89.3 Å². The third-order valence-corrected chi connectivity index (χ3v) is 9.10. The Kier molecular flexibility index (Phi) is 7.39. The van der Waals surface area contributed by atoms with Gasteiger partial charge in [0.1, 0.15) is 5.60 Å². The van der Waals surface area contributed by atoms with Crippen molar-refractivity contribution < 1.29 is 19.1 Å². The number of likely N-dealkylation sites (tertiary alicyclic amines) is 1. The highest BCUT2D eigenvalue weighted by Crippen LogP contribution is 2.48. The number of piperidine rings is 2. The zero-order chi connectivity index (χ0) is 28.1. The molecular weight excluding hydrogens is 514 g/mol. The number of urea groups is 1. The van der Waals surface area contributed by atoms with Gasteiger partial charge in [0, 0.05) is 36.4 Å². The number of amides is 4. The third-order valence-electron chi connectivity index (χ3n) is 7.75. The first-order valence-corrected chi connectivity index (χ1v) is 14.8. The summed E-state index contributed by atoms with van der Waals surface area (Å²) in [6.07, 6.45) is 2.03. The van der Waals surface area contributed by atoms with Crippen LogP contribution in [0.5, 0.6) is 0 Å². The van der Waals surface area contributed by atoms with Crippen LogP contribution in [-0.2, 0) is 14.9 Å². The summed E-state index contributed by atoms with van der Waals surface area (Å²) in [5, 5.41) is 9.81. The third kappa shape index (κ3) is 5.77. The van der Waals surface area contributed by atoms with E-state index >= 15 is 0 Å². The molecule has 0 saturated carbocycles. The lowest BCUT2D eigenvalue weighted by Crippen LogP contribution is -2.62. The first-order valence-electron chi connectivity index (χ1n) is 14.0. The fraction of sp³-hybridized carbons (Fsp3) is 0.621. The van der Waals surface area contributed by atoms with Gasteiger partial charge < -0.3 is 25.6 Å². The van der Waals surface area contributed by atoms with Gasteiger partial charge in [-0.25, -0.2) is 9.59 Å². The molecule has 212 valence electrons. The molecule has 0 bridgehead atoms. The molecule has 1 aromatic carbocycles. The minimum atomic E-state index is -0.568. The number of rotatable bonds is 3. The summed E-state index contributed by atoms with van der Waals surface area (Å²) in [6.45, 7) is 13.8. The molecule has 4 aliphatic rings. The molecule has 5 rings (SSSR count). The summed E-state index contributed by atoms with van der Waals surface area (Å²) in [5.41, 5.74) is 2.18. The second-order valence-corrected chi connectivity index (χ2v) is 14.1. The van der Waals surface area contributed by atoms with Gasteiger partial charge in [-0.15, -0.1) is 0 Å². The van der Waals surface area contributed by atoms with Gasteiger partial charge >= 0.3 is 12.1 Å². The van der Waals surface area contributed by atoms with Gasteiger partial charge in [0.15, 0.2) is 0 Å². The van der Waals surface area contributed by atoms with Crippen molar-refractivity contribution in [3.05, 3.63) is 40.4 Å². The average Bonchev–Trinajstić information content (AvgIpc) is 3.22. The smallest absolute Gasteiger partial charge is 0.410 e. The van der Waals surface area contributed by atoms with Crippen molar-refractivity contribution >= 4 is 35.5 Å². The molecule has 0 spiro atoms. The van der Waals surface area contributed by atoms with Crippen LogP contribution in [0.15, 0.2) is 34.9 Å². The number of hydrogen-bond acceptors (Lipinski definition) is 6. The van der Waals surface area contributed by atoms with Gasteiger partial charge in [-0.2, -0.15) is 0 Å². The Labute approximate surface area is 235 Å². The van der Waals surface area contributed by atoms with Crippen LogP contribution in [-0.4, -0.2) is 65.6 Å². The lowest BCUT2D eigenvalue weighted by molar-refractivity contribution is -0.118. The van der Waals surface area contributed by atoms with Gasteiger partial charge in [-0.05, 0) is 69.7 Å². The highest BCUT2D eigenvalue weighted by molar-refractivity contribution is 8.04. The predicted molar refractivity (Wildman–Crippen MR) is 153 cm³/mol. The Hall–Kier alpha value is -2.72. The average molecular weight is 556 g/mol. The fourth-order valence-electron chi connectivity index (χ4n) is 5.88. The van der Waals surface area contributed by atoms with E-state index in [9.17, 15) is 14.4 Å². The monoisotopic (exact) mass is 555 g/mol. The summed E-state index contributed by atoms with van der Waals surface area (Å²) in [6, 6.07) is 7.82. The lowest BCUT2D eigenvalue weighted by atomic mass is 9.84. The van der Waals surface area contributed by atoms with Crippen LogP contribution in [0.4, 0.5) is 15.3 Å². The van der Waals surface area contributed by atoms with Crippen LogP contribution in [0.25, 0.3) is 0 Å². The van der Waals surface area contributed by atoms with E-state index in [1.807, 2.05) is 37.8 Å². The Morgan fingerprint density at radius 1 is 1.13 bits per heavy atom. The van der Waals surface area contributed by atoms with Crippen LogP contribution in [0.2, 0.25) is 0 Å². The summed E-state index contributed by atoms with van der Waals surface area (Å²) < 4.78 is 5.53. The molecule has 0 radical (unpaired) electrons. The lowest BCUT2D eigenvalue weighted by Gasteiger charge is -2.46. The van der Waals surface area contributed by atoms with Crippen molar-refractivity contribution in [3.63, 3.8) is 0 Å². The predicted octanol–water partition coefficient (Wildman–Crippen LogP) is 4.29. The largest absolute Gasteiger partial charge is 0.444 e. The van der Waals surface area contributed by atoms with Crippen molar-refractivity contribution in [1.29, 1.82) is 0 Å². The zero-order valence-electron chi connectivity index (χ0n) is 23.8. The van der Waals surface area contributed by atoms with Crippen molar-refractivity contribution in [2.75, 3.05) is 24.5 Å². The summed E-state index contributed by atoms with van der Waals surface area (Å²) in [4.78, 5) is 43.8. The summed E-state index contributed by atoms with van der Waals surface area (Å²) in [7, 11) is 0. The molecule has 4 amide bonds. The molecule has 4 aliphatic heterocycles. The zero-order valence-corrected chi connectivity index (χ0v) is 24.6. The number of benzene rings is 1. The first kappa shape index (κ1) is 27.8. The number of nitrogens with one attached hydrogen (secondary N) is 3. The molecule has 4 heterocycles. The standard InChI is InChI=1S/C29H41N5O4S/c1-28(2,3)17-9-7-11-19(15-17)34-20-12-13-30-25-21(20)22(32-26(34)36)23(39-25)24(35)31-18-10-8-14-33(16-18)27(37)38-29(4,5)6/h7,9,11,15,18,20-21,25,30H,8,10,12-14,16H2,1-6H3,(H,31,35)(H,32,36)/t18-,20?,21?,25?/m1/s1. The minimum Gasteiger partial charge on any atom is -0.444 e. The second-order valence-electron chi connectivity index (χ2n) is 13.0. The maximum Gasteiger partial charge on any atom is 0.410 e. The van der Waals surface area contributed by atoms with E-state index in [-0.39, 0.29) is 46.8 Å². The quantitative estimate of drug-likeness (QED) is 0.514. The van der Waals surface area contributed by atoms with Gasteiger partial charge in [0.25, 0.3) is 5.91 Å². The highest BCUT2D eigenvalue weighted by atomic mass is 32.2. The van der Waals surface area contributed by atoms with E-state index in [1.165, 1.54) is 17.3 Å². The Morgan fingerprint density at radius 3 is 2.62 bits per heavy atom. The molecule has 39 heavy (non-hydrogen) atoms. The summed E-state index contributed by atoms with van der Waals surface area (Å²) in [5.74, 6) is -0.199. The molecule has 0 aliphatic carbocycles. The fourth-order valence-corrected chi connectivity index (χ4v) is 7.28. The van der Waals surface area contributed by atoms with Crippen molar-refractivity contribution in [1.82, 2.24) is 20.9 Å². The Morgan fingerprint density at radius 2 is 1.90 bits per heavy atom. The van der Waals surface area contributed by atoms with Crippen LogP contribution in [0, 0.1) is 5.92 Å². The van der Waals surface area contributed by atoms with Gasteiger partial charge in [0.05, 0.1) is 16.3 Å². The molecule has 9 nitrogen and oxygen atoms in total. The van der Waals surface area contributed by atoms with Crippen LogP contribution in [0.3, 0.4) is 0 Å². The van der Waals surface area contributed by atoms with Crippen molar-refractivity contribution in [3.8, 4) is 0 Å². The topological polar surface area (TPSA) is 103 Å². The molecule has 3 fully saturated rings. The molecule has 10 heteroatoms. The number of carbonyl (C=O) groups is 3. The van der Waals surface area contributed by atoms with E-state index in [0.29, 0.717) is 23.7 Å². The van der Waals surface area contributed by atoms with E-state index < -0.39 is 5.60 Å². The summed E-state index contributed by atoms with van der Waals surface area (Å²) >= 11 is 1.50. The molecule has 3 N–H and O–H groups in total. The molecular formula is C29H41N5O4S. The number of hydrogen-bond donors (Lipinski definition) is 3. The van der Waals surface area contributed by atoms with Crippen molar-refractivity contribution in [2.24, 2.45) is 5.92 Å². The minimum absolute atomic E-state index is 0.00916. The normalized spacial score (nSPS) is 27.2. The second kappa shape index (κ2) is 10.4. The first-order chi connectivity index (χ1) is 18.3. The SMILES string of the molecule is CC(C)(C)OC(=O)N1CCC[C@@H](NC(=O)C2=C3NC(=O)N(c4cccc(C(C)(C)C)c4)C4CCNC(S2)C34)C1. The number of carbonyl (C=O) groups excluding carboxylic acids is 3. The van der Waals surface area contributed by atoms with Gasteiger partial charge in [0.2, 0.25) is 0 Å². The van der Waals surface area contributed by atoms with Crippen LogP contribution < -0.4 is 20.9 Å². The van der Waals surface area contributed by atoms with Crippen LogP contribution >= 0.6 is 11.8 Å². The van der Waals surface area contributed by atoms with E-state index in [1.54, 1.807) is 4.90 Å². The molecule has 1 aromatic rings. The Bertz CT molecular complexity index is 1190. The van der Waals surface area contributed by atoms with E-state index in [4.69, 9.17) is 4.74 Å². The van der Waals surface area contributed by atoms with Gasteiger partial charge in [-0.1, -0.05) is 44.7 Å². The maximum atomic E-state index is 13.6. The maximum absolute atomic E-state index is 13.6. The van der Waals surface area contributed by atoms with E-state index in [0.717, 1.165) is 31.5 Å². The molecule has 3 unspecified atom stereocenters. The number of thioether (sulfide) groups is 1. The highest BCUT2D eigenvalue weighted by Gasteiger charge is 2.52. The van der Waals surface area contributed by atoms with Crippen LogP contribution in [0.1, 0.15) is 66.4 Å². The van der Waals surface area contributed by atoms with Gasteiger partial charge in [-0.3, -0.25) is 9.69 Å². The molecule has 0 aromatic heterocycles. The number of ether oxygens (including phenoxy) is 1. The number of anilines is 1. The molecule has 3 saturated heterocycles.